The molecule has 0 saturated heterocycles. The van der Waals surface area contributed by atoms with E-state index in [0.29, 0.717) is 23.2 Å². The van der Waals surface area contributed by atoms with Crippen molar-refractivity contribution in [2.75, 3.05) is 6.54 Å². The molecule has 22 heavy (non-hydrogen) atoms. The first-order valence-electron chi connectivity index (χ1n) is 7.43. The first-order valence-corrected chi connectivity index (χ1v) is 9.01. The van der Waals surface area contributed by atoms with Crippen LogP contribution in [0.1, 0.15) is 30.1 Å². The molecule has 1 aliphatic heterocycles. The van der Waals surface area contributed by atoms with E-state index in [2.05, 4.69) is 0 Å². The number of hydrogen-bond donors (Lipinski definition) is 0. The van der Waals surface area contributed by atoms with Crippen LogP contribution in [-0.2, 0) is 4.57 Å². The number of para-hydroxylation sites is 1. The quantitative estimate of drug-likeness (QED) is 0.805. The maximum Gasteiger partial charge on any atom is 0.376 e. The Morgan fingerprint density at radius 1 is 1.05 bits per heavy atom. The van der Waals surface area contributed by atoms with Crippen molar-refractivity contribution in [2.45, 2.75) is 19.8 Å². The fourth-order valence-electron chi connectivity index (χ4n) is 2.51. The zero-order chi connectivity index (χ0) is 15.6. The normalized spacial score (nSPS) is 20.4. The Balaban J connectivity index is 2.11. The molecule has 0 N–H and O–H groups in total. The molecule has 1 heterocycles. The number of rotatable bonds is 4. The standard InChI is InChI=1S/C17H18NO3P/c1-2-3-13-18-17(19)15-11-7-8-12-16(15)21-22(18,20)14-9-5-4-6-10-14/h4-12H,2-3,13H2,1H3. The molecular formula is C17H18NO3P. The van der Waals surface area contributed by atoms with E-state index < -0.39 is 7.52 Å². The van der Waals surface area contributed by atoms with Crippen LogP contribution in [-0.4, -0.2) is 17.1 Å². The Morgan fingerprint density at radius 3 is 2.45 bits per heavy atom. The minimum atomic E-state index is -3.41. The van der Waals surface area contributed by atoms with E-state index in [-0.39, 0.29) is 5.91 Å². The van der Waals surface area contributed by atoms with Gasteiger partial charge in [-0.05, 0) is 30.7 Å². The minimum absolute atomic E-state index is 0.220. The average Bonchev–Trinajstić information content (AvgIpc) is 2.55. The molecule has 1 aliphatic rings. The molecule has 0 saturated carbocycles. The number of benzene rings is 2. The van der Waals surface area contributed by atoms with Crippen LogP contribution < -0.4 is 9.83 Å². The van der Waals surface area contributed by atoms with Gasteiger partial charge in [0.15, 0.2) is 0 Å². The van der Waals surface area contributed by atoms with Gasteiger partial charge in [0.05, 0.1) is 10.9 Å². The van der Waals surface area contributed by atoms with Crippen LogP contribution in [0.25, 0.3) is 0 Å². The van der Waals surface area contributed by atoms with Gasteiger partial charge in [-0.2, -0.15) is 0 Å². The summed E-state index contributed by atoms with van der Waals surface area (Å²) < 4.78 is 20.8. The van der Waals surface area contributed by atoms with Crippen molar-refractivity contribution in [1.29, 1.82) is 0 Å². The van der Waals surface area contributed by atoms with Gasteiger partial charge in [0.1, 0.15) is 5.75 Å². The van der Waals surface area contributed by atoms with E-state index in [1.54, 1.807) is 48.5 Å². The molecule has 1 atom stereocenters. The fourth-order valence-corrected chi connectivity index (χ4v) is 4.72. The smallest absolute Gasteiger partial charge is 0.376 e. The molecule has 5 heteroatoms. The topological polar surface area (TPSA) is 46.6 Å². The van der Waals surface area contributed by atoms with Gasteiger partial charge >= 0.3 is 7.52 Å². The van der Waals surface area contributed by atoms with E-state index in [1.807, 2.05) is 13.0 Å². The molecule has 0 fully saturated rings. The van der Waals surface area contributed by atoms with Crippen molar-refractivity contribution < 1.29 is 13.9 Å². The third kappa shape index (κ3) is 2.44. The number of hydrogen-bond acceptors (Lipinski definition) is 3. The maximum atomic E-state index is 13.5. The number of fused-ring (bicyclic) bond motifs is 1. The second kappa shape index (κ2) is 5.98. The molecule has 3 rings (SSSR count). The molecular weight excluding hydrogens is 297 g/mol. The van der Waals surface area contributed by atoms with Gasteiger partial charge < -0.3 is 4.52 Å². The second-order valence-corrected chi connectivity index (χ2v) is 7.45. The van der Waals surface area contributed by atoms with Gasteiger partial charge in [0.2, 0.25) is 0 Å². The Labute approximate surface area is 130 Å². The van der Waals surface area contributed by atoms with E-state index in [4.69, 9.17) is 4.52 Å². The second-order valence-electron chi connectivity index (χ2n) is 5.23. The van der Waals surface area contributed by atoms with Crippen molar-refractivity contribution in [3.05, 3.63) is 60.2 Å². The van der Waals surface area contributed by atoms with Crippen molar-refractivity contribution in [2.24, 2.45) is 0 Å². The highest BCUT2D eigenvalue weighted by Crippen LogP contribution is 2.54. The first kappa shape index (κ1) is 14.9. The highest BCUT2D eigenvalue weighted by molar-refractivity contribution is 7.65. The highest BCUT2D eigenvalue weighted by Gasteiger charge is 2.44. The third-order valence-electron chi connectivity index (χ3n) is 3.70. The predicted octanol–water partition coefficient (Wildman–Crippen LogP) is 3.84. The van der Waals surface area contributed by atoms with Crippen LogP contribution in [0.3, 0.4) is 0 Å². The van der Waals surface area contributed by atoms with Crippen LogP contribution in [0, 0.1) is 0 Å². The molecule has 1 unspecified atom stereocenters. The predicted molar refractivity (Wildman–Crippen MR) is 86.7 cm³/mol. The van der Waals surface area contributed by atoms with Gasteiger partial charge in [-0.1, -0.05) is 43.7 Å². The number of nitrogens with zero attached hydrogens (tertiary/aromatic N) is 1. The van der Waals surface area contributed by atoms with Gasteiger partial charge in [-0.25, -0.2) is 4.57 Å². The molecule has 0 bridgehead atoms. The van der Waals surface area contributed by atoms with E-state index in [0.717, 1.165) is 12.8 Å². The lowest BCUT2D eigenvalue weighted by molar-refractivity contribution is 0.0834. The summed E-state index contributed by atoms with van der Waals surface area (Å²) in [6.07, 6.45) is 1.70. The van der Waals surface area contributed by atoms with Crippen molar-refractivity contribution in [3.8, 4) is 5.75 Å². The lowest BCUT2D eigenvalue weighted by atomic mass is 10.2. The van der Waals surface area contributed by atoms with Crippen molar-refractivity contribution in [3.63, 3.8) is 0 Å². The van der Waals surface area contributed by atoms with Gasteiger partial charge in [-0.15, -0.1) is 0 Å². The molecule has 0 aromatic heterocycles. The summed E-state index contributed by atoms with van der Waals surface area (Å²) in [6, 6.07) is 15.9. The highest BCUT2D eigenvalue weighted by atomic mass is 31.2. The summed E-state index contributed by atoms with van der Waals surface area (Å²) in [7, 11) is -3.41. The molecule has 0 radical (unpaired) electrons. The van der Waals surface area contributed by atoms with E-state index in [1.165, 1.54) is 4.67 Å². The summed E-state index contributed by atoms with van der Waals surface area (Å²) in [5, 5.41) is 0.550. The summed E-state index contributed by atoms with van der Waals surface area (Å²) >= 11 is 0. The van der Waals surface area contributed by atoms with Gasteiger partial charge in [0, 0.05) is 6.54 Å². The zero-order valence-corrected chi connectivity index (χ0v) is 13.3. The molecule has 2 aromatic carbocycles. The number of carbonyl (C=O) groups excluding carboxylic acids is 1. The Morgan fingerprint density at radius 2 is 1.73 bits per heavy atom. The fraction of sp³-hybridized carbons (Fsp3) is 0.235. The molecule has 0 spiro atoms. The SMILES string of the molecule is CCCCN1C(=O)c2ccccc2OP1(=O)c1ccccc1. The number of amides is 1. The Bertz CT molecular complexity index is 730. The van der Waals surface area contributed by atoms with Crippen LogP contribution in [0.5, 0.6) is 5.75 Å². The largest absolute Gasteiger partial charge is 0.425 e. The molecule has 114 valence electrons. The van der Waals surface area contributed by atoms with Crippen LogP contribution >= 0.6 is 7.52 Å². The molecule has 1 amide bonds. The molecule has 2 aromatic rings. The first-order chi connectivity index (χ1) is 10.7. The molecule has 4 nitrogen and oxygen atoms in total. The van der Waals surface area contributed by atoms with E-state index >= 15 is 0 Å². The van der Waals surface area contributed by atoms with Crippen LogP contribution in [0.4, 0.5) is 0 Å². The van der Waals surface area contributed by atoms with Gasteiger partial charge in [-0.3, -0.25) is 9.46 Å². The monoisotopic (exact) mass is 315 g/mol. The van der Waals surface area contributed by atoms with Gasteiger partial charge in [0.25, 0.3) is 5.91 Å². The number of carbonyl (C=O) groups is 1. The third-order valence-corrected chi connectivity index (χ3v) is 6.11. The lowest BCUT2D eigenvalue weighted by Crippen LogP contribution is -2.38. The number of unbranched alkanes of at least 4 members (excludes halogenated alkanes) is 1. The van der Waals surface area contributed by atoms with Crippen molar-refractivity contribution >= 4 is 18.7 Å². The summed E-state index contributed by atoms with van der Waals surface area (Å²) in [6.45, 7) is 2.46. The lowest BCUT2D eigenvalue weighted by Gasteiger charge is -2.36. The molecule has 0 aliphatic carbocycles. The van der Waals surface area contributed by atoms with Crippen LogP contribution in [0.2, 0.25) is 0 Å². The Kier molecular flexibility index (Phi) is 4.04. The van der Waals surface area contributed by atoms with E-state index in [9.17, 15) is 9.36 Å². The van der Waals surface area contributed by atoms with Crippen LogP contribution in [0.15, 0.2) is 54.6 Å². The summed E-state index contributed by atoms with van der Waals surface area (Å²) in [5.74, 6) is 0.176. The maximum absolute atomic E-state index is 13.5. The zero-order valence-electron chi connectivity index (χ0n) is 12.4. The summed E-state index contributed by atoms with van der Waals surface area (Å²) in [4.78, 5) is 12.8. The minimum Gasteiger partial charge on any atom is -0.425 e. The Hall–Kier alpha value is -2.06. The van der Waals surface area contributed by atoms with Crippen molar-refractivity contribution in [1.82, 2.24) is 4.67 Å². The summed E-state index contributed by atoms with van der Waals surface area (Å²) in [5.41, 5.74) is 0.473. The average molecular weight is 315 g/mol.